The van der Waals surface area contributed by atoms with Gasteiger partial charge in [-0.2, -0.15) is 0 Å². The Kier molecular flexibility index (Phi) is 9.59. The van der Waals surface area contributed by atoms with E-state index in [1.807, 2.05) is 37.3 Å². The third kappa shape index (κ3) is 7.03. The highest BCUT2D eigenvalue weighted by atomic mass is 35.5. The minimum atomic E-state index is -4.20. The number of halogens is 2. The van der Waals surface area contributed by atoms with E-state index in [2.05, 4.69) is 5.32 Å². The number of aryl methyl sites for hydroxylation is 1. The third-order valence-electron chi connectivity index (χ3n) is 5.85. The van der Waals surface area contributed by atoms with Crippen LogP contribution in [-0.2, 0) is 26.2 Å². The van der Waals surface area contributed by atoms with Crippen molar-refractivity contribution in [1.82, 2.24) is 10.2 Å². The van der Waals surface area contributed by atoms with E-state index in [0.29, 0.717) is 6.42 Å². The highest BCUT2D eigenvalue weighted by Gasteiger charge is 2.33. The number of anilines is 1. The number of hydrogen-bond acceptors (Lipinski definition) is 4. The zero-order valence-corrected chi connectivity index (χ0v) is 23.1. The molecule has 0 aliphatic heterocycles. The molecule has 1 atom stereocenters. The van der Waals surface area contributed by atoms with Crippen LogP contribution in [0.15, 0.2) is 77.7 Å². The van der Waals surface area contributed by atoms with E-state index in [9.17, 15) is 18.0 Å². The van der Waals surface area contributed by atoms with Gasteiger partial charge in [0.05, 0.1) is 10.6 Å². The molecule has 2 amide bonds. The highest BCUT2D eigenvalue weighted by Crippen LogP contribution is 2.30. The molecule has 0 unspecified atom stereocenters. The van der Waals surface area contributed by atoms with E-state index in [0.717, 1.165) is 15.4 Å². The van der Waals surface area contributed by atoms with Crippen molar-refractivity contribution in [3.05, 3.63) is 94.0 Å². The molecule has 3 aromatic carbocycles. The van der Waals surface area contributed by atoms with Crippen molar-refractivity contribution < 1.29 is 18.0 Å². The topological polar surface area (TPSA) is 86.8 Å². The lowest BCUT2D eigenvalue weighted by Gasteiger charge is -2.33. The van der Waals surface area contributed by atoms with Gasteiger partial charge in [0, 0.05) is 23.6 Å². The van der Waals surface area contributed by atoms with E-state index in [1.54, 1.807) is 19.1 Å². The molecule has 0 aromatic heterocycles. The van der Waals surface area contributed by atoms with Crippen molar-refractivity contribution >= 4 is 50.7 Å². The average Bonchev–Trinajstić information content (AvgIpc) is 2.87. The van der Waals surface area contributed by atoms with Gasteiger partial charge >= 0.3 is 0 Å². The van der Waals surface area contributed by atoms with Crippen LogP contribution in [0.5, 0.6) is 0 Å². The van der Waals surface area contributed by atoms with Gasteiger partial charge in [-0.15, -0.1) is 0 Å². The Labute approximate surface area is 228 Å². The molecule has 7 nitrogen and oxygen atoms in total. The van der Waals surface area contributed by atoms with Gasteiger partial charge in [0.25, 0.3) is 10.0 Å². The fraction of sp³-hybridized carbons (Fsp3) is 0.259. The summed E-state index contributed by atoms with van der Waals surface area (Å²) < 4.78 is 28.6. The van der Waals surface area contributed by atoms with Gasteiger partial charge < -0.3 is 10.2 Å². The maximum absolute atomic E-state index is 13.8. The molecule has 0 bridgehead atoms. The predicted molar refractivity (Wildman–Crippen MR) is 147 cm³/mol. The Bertz CT molecular complexity index is 1330. The minimum absolute atomic E-state index is 0.00921. The van der Waals surface area contributed by atoms with Gasteiger partial charge in [-0.25, -0.2) is 8.42 Å². The second kappa shape index (κ2) is 12.4. The summed E-state index contributed by atoms with van der Waals surface area (Å²) in [5.74, 6) is -0.892. The summed E-state index contributed by atoms with van der Waals surface area (Å²) in [6, 6.07) is 19.1. The molecule has 0 heterocycles. The number of sulfonamides is 1. The van der Waals surface area contributed by atoms with E-state index >= 15 is 0 Å². The first kappa shape index (κ1) is 28.5. The standard InChI is InChI=1S/C27H29Cl2N3O4S/c1-4-25(27(34)30-3)31(17-20-8-6-5-7-9-20)26(33)18-32(23-15-21(28)14-22(29)16-23)37(35,36)24-12-10-19(2)11-13-24/h5-16,25H,4,17-18H2,1-3H3,(H,30,34)/t25-/m0/s1. The first-order chi connectivity index (χ1) is 17.6. The van der Waals surface area contributed by atoms with E-state index in [4.69, 9.17) is 23.2 Å². The molecule has 0 fully saturated rings. The number of likely N-dealkylation sites (N-methyl/N-ethyl adjacent to an activating group) is 1. The van der Waals surface area contributed by atoms with Crippen LogP contribution >= 0.6 is 23.2 Å². The summed E-state index contributed by atoms with van der Waals surface area (Å²) in [5, 5.41) is 3.04. The first-order valence-corrected chi connectivity index (χ1v) is 13.9. The van der Waals surface area contributed by atoms with Gasteiger partial charge in [-0.05, 0) is 49.2 Å². The van der Waals surface area contributed by atoms with Gasteiger partial charge in [-0.3, -0.25) is 13.9 Å². The summed E-state index contributed by atoms with van der Waals surface area (Å²) >= 11 is 12.4. The number of carbonyl (C=O) groups excluding carboxylic acids is 2. The van der Waals surface area contributed by atoms with E-state index in [-0.39, 0.29) is 33.1 Å². The van der Waals surface area contributed by atoms with E-state index in [1.165, 1.54) is 42.3 Å². The second-order valence-electron chi connectivity index (χ2n) is 8.50. The van der Waals surface area contributed by atoms with Crippen molar-refractivity contribution in [3.8, 4) is 0 Å². The van der Waals surface area contributed by atoms with Crippen LogP contribution in [0.3, 0.4) is 0 Å². The lowest BCUT2D eigenvalue weighted by atomic mass is 10.1. The Morgan fingerprint density at radius 3 is 2.08 bits per heavy atom. The van der Waals surface area contributed by atoms with Gasteiger partial charge in [0.2, 0.25) is 11.8 Å². The molecule has 37 heavy (non-hydrogen) atoms. The summed E-state index contributed by atoms with van der Waals surface area (Å²) in [6.45, 7) is 3.20. The molecule has 0 saturated carbocycles. The summed E-state index contributed by atoms with van der Waals surface area (Å²) in [4.78, 5) is 27.9. The van der Waals surface area contributed by atoms with Crippen LogP contribution in [0.25, 0.3) is 0 Å². The number of hydrogen-bond donors (Lipinski definition) is 1. The van der Waals surface area contributed by atoms with Crippen LogP contribution < -0.4 is 9.62 Å². The Hall–Kier alpha value is -3.07. The molecular weight excluding hydrogens is 533 g/mol. The molecule has 0 radical (unpaired) electrons. The zero-order chi connectivity index (χ0) is 27.2. The number of carbonyl (C=O) groups is 2. The maximum atomic E-state index is 13.8. The maximum Gasteiger partial charge on any atom is 0.264 e. The molecular formula is C27H29Cl2N3O4S. The van der Waals surface area contributed by atoms with Crippen LogP contribution in [0.2, 0.25) is 10.0 Å². The van der Waals surface area contributed by atoms with Crippen LogP contribution in [0.4, 0.5) is 5.69 Å². The Morgan fingerprint density at radius 1 is 0.946 bits per heavy atom. The summed E-state index contributed by atoms with van der Waals surface area (Å²) in [7, 11) is -2.70. The Morgan fingerprint density at radius 2 is 1.54 bits per heavy atom. The zero-order valence-electron chi connectivity index (χ0n) is 20.8. The van der Waals surface area contributed by atoms with Crippen molar-refractivity contribution in [2.24, 2.45) is 0 Å². The SMILES string of the molecule is CC[C@@H](C(=O)NC)N(Cc1ccccc1)C(=O)CN(c1cc(Cl)cc(Cl)c1)S(=O)(=O)c1ccc(C)cc1. The molecule has 196 valence electrons. The smallest absolute Gasteiger partial charge is 0.264 e. The van der Waals surface area contributed by atoms with Crippen molar-refractivity contribution in [2.45, 2.75) is 37.8 Å². The quantitative estimate of drug-likeness (QED) is 0.375. The molecule has 1 N–H and O–H groups in total. The van der Waals surface area contributed by atoms with Gasteiger partial charge in [0.1, 0.15) is 12.6 Å². The fourth-order valence-corrected chi connectivity index (χ4v) is 5.83. The van der Waals surface area contributed by atoms with Crippen molar-refractivity contribution in [3.63, 3.8) is 0 Å². The molecule has 0 aliphatic rings. The average molecular weight is 563 g/mol. The molecule has 3 rings (SSSR count). The van der Waals surface area contributed by atoms with Crippen molar-refractivity contribution in [2.75, 3.05) is 17.9 Å². The third-order valence-corrected chi connectivity index (χ3v) is 8.08. The number of nitrogens with one attached hydrogen (secondary N) is 1. The van der Waals surface area contributed by atoms with Gasteiger partial charge in [-0.1, -0.05) is 78.2 Å². The minimum Gasteiger partial charge on any atom is -0.357 e. The molecule has 0 saturated heterocycles. The van der Waals surface area contributed by atoms with Crippen LogP contribution in [0.1, 0.15) is 24.5 Å². The van der Waals surface area contributed by atoms with Crippen LogP contribution in [-0.4, -0.2) is 44.8 Å². The fourth-order valence-electron chi connectivity index (χ4n) is 3.92. The largest absolute Gasteiger partial charge is 0.357 e. The lowest BCUT2D eigenvalue weighted by molar-refractivity contribution is -0.140. The molecule has 10 heteroatoms. The summed E-state index contributed by atoms with van der Waals surface area (Å²) in [6.07, 6.45) is 0.339. The van der Waals surface area contributed by atoms with Crippen LogP contribution in [0, 0.1) is 6.92 Å². The Balaban J connectivity index is 2.08. The van der Waals surface area contributed by atoms with Crippen molar-refractivity contribution in [1.29, 1.82) is 0 Å². The predicted octanol–water partition coefficient (Wildman–Crippen LogP) is 5.05. The number of nitrogens with zero attached hydrogens (tertiary/aromatic N) is 2. The molecule has 3 aromatic rings. The van der Waals surface area contributed by atoms with Gasteiger partial charge in [0.15, 0.2) is 0 Å². The molecule has 0 aliphatic carbocycles. The summed E-state index contributed by atoms with van der Waals surface area (Å²) in [5.41, 5.74) is 1.83. The number of benzene rings is 3. The van der Waals surface area contributed by atoms with E-state index < -0.39 is 28.5 Å². The number of rotatable bonds is 10. The second-order valence-corrected chi connectivity index (χ2v) is 11.2. The first-order valence-electron chi connectivity index (χ1n) is 11.7. The lowest BCUT2D eigenvalue weighted by Crippen LogP contribution is -2.51. The number of amides is 2. The molecule has 0 spiro atoms. The normalized spacial score (nSPS) is 12.0. The monoisotopic (exact) mass is 561 g/mol. The highest BCUT2D eigenvalue weighted by molar-refractivity contribution is 7.92.